The third-order valence-corrected chi connectivity index (χ3v) is 4.03. The summed E-state index contributed by atoms with van der Waals surface area (Å²) in [7, 11) is 0. The number of hydrogen-bond donors (Lipinski definition) is 2. The molecule has 0 bridgehead atoms. The van der Waals surface area contributed by atoms with E-state index in [1.54, 1.807) is 6.07 Å². The fourth-order valence-corrected chi connectivity index (χ4v) is 2.69. The summed E-state index contributed by atoms with van der Waals surface area (Å²) >= 11 is 3.36. The van der Waals surface area contributed by atoms with Crippen molar-refractivity contribution < 1.29 is 9.50 Å². The van der Waals surface area contributed by atoms with Crippen molar-refractivity contribution >= 4 is 15.9 Å². The van der Waals surface area contributed by atoms with Crippen LogP contribution in [0.3, 0.4) is 0 Å². The third kappa shape index (κ3) is 3.76. The number of aliphatic hydroxyl groups is 1. The minimum atomic E-state index is -0.221. The lowest BCUT2D eigenvalue weighted by atomic mass is 9.93. The molecule has 1 aromatic rings. The predicted molar refractivity (Wildman–Crippen MR) is 69.2 cm³/mol. The largest absolute Gasteiger partial charge is 0.393 e. The molecular formula is C13H17BrFNO. The number of aliphatic hydroxyl groups excluding tert-OH is 1. The van der Waals surface area contributed by atoms with E-state index in [0.717, 1.165) is 42.3 Å². The Morgan fingerprint density at radius 2 is 2.00 bits per heavy atom. The van der Waals surface area contributed by atoms with Crippen LogP contribution in [0.4, 0.5) is 4.39 Å². The molecule has 0 amide bonds. The van der Waals surface area contributed by atoms with Crippen LogP contribution in [-0.4, -0.2) is 17.3 Å². The molecule has 0 radical (unpaired) electrons. The zero-order valence-corrected chi connectivity index (χ0v) is 11.2. The molecule has 4 heteroatoms. The molecule has 1 aromatic carbocycles. The summed E-state index contributed by atoms with van der Waals surface area (Å²) in [5.74, 6) is -0.221. The zero-order chi connectivity index (χ0) is 12.3. The smallest absolute Gasteiger partial charge is 0.124 e. The quantitative estimate of drug-likeness (QED) is 0.899. The maximum absolute atomic E-state index is 12.9. The Morgan fingerprint density at radius 1 is 1.29 bits per heavy atom. The molecule has 2 rings (SSSR count). The molecular weight excluding hydrogens is 285 g/mol. The minimum Gasteiger partial charge on any atom is -0.393 e. The van der Waals surface area contributed by atoms with Crippen molar-refractivity contribution in [2.45, 2.75) is 44.4 Å². The van der Waals surface area contributed by atoms with Crippen molar-refractivity contribution in [2.75, 3.05) is 0 Å². The van der Waals surface area contributed by atoms with Gasteiger partial charge in [0.2, 0.25) is 0 Å². The van der Waals surface area contributed by atoms with Gasteiger partial charge in [-0.2, -0.15) is 0 Å². The first-order valence-electron chi connectivity index (χ1n) is 6.00. The van der Waals surface area contributed by atoms with Gasteiger partial charge in [-0.15, -0.1) is 0 Å². The highest BCUT2D eigenvalue weighted by atomic mass is 79.9. The minimum absolute atomic E-state index is 0.120. The average molecular weight is 302 g/mol. The van der Waals surface area contributed by atoms with Gasteiger partial charge in [0.1, 0.15) is 5.82 Å². The second kappa shape index (κ2) is 5.94. The van der Waals surface area contributed by atoms with Crippen LogP contribution in [-0.2, 0) is 6.54 Å². The lowest BCUT2D eigenvalue weighted by molar-refractivity contribution is 0.116. The second-order valence-electron chi connectivity index (χ2n) is 4.62. The van der Waals surface area contributed by atoms with Gasteiger partial charge in [0.25, 0.3) is 0 Å². The SMILES string of the molecule is OC1CCC(NCc2ccc(F)cc2Br)CC1. The zero-order valence-electron chi connectivity index (χ0n) is 9.63. The molecule has 0 saturated heterocycles. The number of hydrogen-bond acceptors (Lipinski definition) is 2. The van der Waals surface area contributed by atoms with Crippen molar-refractivity contribution in [2.24, 2.45) is 0 Å². The number of nitrogens with one attached hydrogen (secondary N) is 1. The predicted octanol–water partition coefficient (Wildman–Crippen LogP) is 2.98. The highest BCUT2D eigenvalue weighted by Crippen LogP contribution is 2.21. The van der Waals surface area contributed by atoms with E-state index in [4.69, 9.17) is 0 Å². The molecule has 0 heterocycles. The summed E-state index contributed by atoms with van der Waals surface area (Å²) in [5, 5.41) is 12.9. The summed E-state index contributed by atoms with van der Waals surface area (Å²) in [6.45, 7) is 0.738. The first-order valence-corrected chi connectivity index (χ1v) is 6.80. The maximum atomic E-state index is 12.9. The summed E-state index contributed by atoms with van der Waals surface area (Å²) in [6.07, 6.45) is 3.66. The Morgan fingerprint density at radius 3 is 2.65 bits per heavy atom. The van der Waals surface area contributed by atoms with Gasteiger partial charge in [-0.25, -0.2) is 4.39 Å². The molecule has 1 fully saturated rings. The lowest BCUT2D eigenvalue weighted by Gasteiger charge is -2.26. The molecule has 0 aromatic heterocycles. The van der Waals surface area contributed by atoms with E-state index in [1.165, 1.54) is 12.1 Å². The summed E-state index contributed by atoms with van der Waals surface area (Å²) < 4.78 is 13.7. The van der Waals surface area contributed by atoms with Crippen molar-refractivity contribution in [1.82, 2.24) is 5.32 Å². The lowest BCUT2D eigenvalue weighted by Crippen LogP contribution is -2.34. The van der Waals surface area contributed by atoms with E-state index >= 15 is 0 Å². The molecule has 2 N–H and O–H groups in total. The van der Waals surface area contributed by atoms with Gasteiger partial charge in [-0.1, -0.05) is 22.0 Å². The van der Waals surface area contributed by atoms with Crippen LogP contribution >= 0.6 is 15.9 Å². The van der Waals surface area contributed by atoms with Gasteiger partial charge in [-0.05, 0) is 43.4 Å². The average Bonchev–Trinajstić information content (AvgIpc) is 2.30. The third-order valence-electron chi connectivity index (χ3n) is 3.29. The summed E-state index contributed by atoms with van der Waals surface area (Å²) in [4.78, 5) is 0. The van der Waals surface area contributed by atoms with E-state index in [9.17, 15) is 9.50 Å². The normalized spacial score (nSPS) is 24.9. The number of rotatable bonds is 3. The Balaban J connectivity index is 1.85. The van der Waals surface area contributed by atoms with Crippen molar-refractivity contribution in [3.63, 3.8) is 0 Å². The molecule has 2 nitrogen and oxygen atoms in total. The summed E-state index contributed by atoms with van der Waals surface area (Å²) in [5.41, 5.74) is 1.07. The molecule has 1 saturated carbocycles. The summed E-state index contributed by atoms with van der Waals surface area (Å²) in [6, 6.07) is 5.23. The number of halogens is 2. The van der Waals surface area contributed by atoms with Crippen molar-refractivity contribution in [3.8, 4) is 0 Å². The Labute approximate surface area is 109 Å². The van der Waals surface area contributed by atoms with Gasteiger partial charge < -0.3 is 10.4 Å². The first-order chi connectivity index (χ1) is 8.15. The fourth-order valence-electron chi connectivity index (χ4n) is 2.20. The molecule has 17 heavy (non-hydrogen) atoms. The van der Waals surface area contributed by atoms with Gasteiger partial charge in [-0.3, -0.25) is 0 Å². The van der Waals surface area contributed by atoms with Crippen LogP contribution in [0.5, 0.6) is 0 Å². The van der Waals surface area contributed by atoms with E-state index < -0.39 is 0 Å². The van der Waals surface area contributed by atoms with Gasteiger partial charge in [0.05, 0.1) is 6.10 Å². The van der Waals surface area contributed by atoms with Gasteiger partial charge >= 0.3 is 0 Å². The van der Waals surface area contributed by atoms with E-state index in [2.05, 4.69) is 21.2 Å². The Bertz CT molecular complexity index is 378. The van der Waals surface area contributed by atoms with Crippen molar-refractivity contribution in [1.29, 1.82) is 0 Å². The highest BCUT2D eigenvalue weighted by Gasteiger charge is 2.18. The fraction of sp³-hybridized carbons (Fsp3) is 0.538. The first kappa shape index (κ1) is 13.0. The van der Waals surface area contributed by atoms with Crippen LogP contribution < -0.4 is 5.32 Å². The Kier molecular flexibility index (Phi) is 4.54. The topological polar surface area (TPSA) is 32.3 Å². The molecule has 0 atom stereocenters. The van der Waals surface area contributed by atoms with Crippen LogP contribution in [0.2, 0.25) is 0 Å². The number of benzene rings is 1. The molecule has 0 spiro atoms. The van der Waals surface area contributed by atoms with Crippen LogP contribution in [0.1, 0.15) is 31.2 Å². The van der Waals surface area contributed by atoms with E-state index in [-0.39, 0.29) is 11.9 Å². The van der Waals surface area contributed by atoms with Crippen LogP contribution in [0, 0.1) is 5.82 Å². The standard InChI is InChI=1S/C13H17BrFNO/c14-13-7-10(15)2-1-9(13)8-16-11-3-5-12(17)6-4-11/h1-2,7,11-12,16-17H,3-6,8H2. The van der Waals surface area contributed by atoms with Crippen molar-refractivity contribution in [3.05, 3.63) is 34.1 Å². The van der Waals surface area contributed by atoms with Crippen LogP contribution in [0.15, 0.2) is 22.7 Å². The van der Waals surface area contributed by atoms with Crippen LogP contribution in [0.25, 0.3) is 0 Å². The van der Waals surface area contributed by atoms with E-state index in [0.29, 0.717) is 6.04 Å². The molecule has 1 aliphatic rings. The van der Waals surface area contributed by atoms with Gasteiger partial charge in [0.15, 0.2) is 0 Å². The molecule has 1 aliphatic carbocycles. The molecule has 94 valence electrons. The second-order valence-corrected chi connectivity index (χ2v) is 5.48. The van der Waals surface area contributed by atoms with E-state index in [1.807, 2.05) is 0 Å². The Hall–Kier alpha value is -0.450. The van der Waals surface area contributed by atoms with Gasteiger partial charge in [0, 0.05) is 17.1 Å². The molecule has 0 unspecified atom stereocenters. The highest BCUT2D eigenvalue weighted by molar-refractivity contribution is 9.10. The maximum Gasteiger partial charge on any atom is 0.124 e. The molecule has 0 aliphatic heterocycles. The monoisotopic (exact) mass is 301 g/mol.